The number of carbonyl (C=O) groups excluding carboxylic acids is 1. The van der Waals surface area contributed by atoms with Crippen molar-refractivity contribution < 1.29 is 9.53 Å². The molecule has 2 heterocycles. The number of ether oxygens (including phenoxy) is 1. The molecule has 0 aromatic rings. The molecule has 4 nitrogen and oxygen atoms in total. The van der Waals surface area contributed by atoms with E-state index in [0.717, 1.165) is 51.3 Å². The van der Waals surface area contributed by atoms with Crippen LogP contribution in [0.4, 0.5) is 4.79 Å². The molecule has 2 rings (SSSR count). The predicted molar refractivity (Wildman–Crippen MR) is 79.6 cm³/mol. The lowest BCUT2D eigenvalue weighted by Crippen LogP contribution is -2.48. The number of hydrogen-bond donors (Lipinski definition) is 1. The van der Waals surface area contributed by atoms with Crippen molar-refractivity contribution in [3.8, 4) is 0 Å². The van der Waals surface area contributed by atoms with Gasteiger partial charge in [0.2, 0.25) is 0 Å². The monoisotopic (exact) mass is 286 g/mol. The summed E-state index contributed by atoms with van der Waals surface area (Å²) in [4.78, 5) is 14.1. The molecule has 0 unspecified atom stereocenters. The van der Waals surface area contributed by atoms with Gasteiger partial charge in [-0.25, -0.2) is 4.79 Å². The molecule has 0 radical (unpaired) electrons. The van der Waals surface area contributed by atoms with Crippen LogP contribution in [-0.4, -0.2) is 54.3 Å². The van der Waals surface area contributed by atoms with E-state index in [9.17, 15) is 4.79 Å². The molecule has 0 aliphatic carbocycles. The number of urea groups is 1. The number of thioether (sulfide) groups is 1. The number of hydrogen-bond acceptors (Lipinski definition) is 3. The fourth-order valence-electron chi connectivity index (χ4n) is 2.59. The van der Waals surface area contributed by atoms with E-state index in [4.69, 9.17) is 4.74 Å². The van der Waals surface area contributed by atoms with Crippen LogP contribution in [0.15, 0.2) is 0 Å². The fraction of sp³-hybridized carbons (Fsp3) is 0.929. The number of nitrogens with zero attached hydrogens (tertiary/aromatic N) is 1. The van der Waals surface area contributed by atoms with Crippen LogP contribution in [0.3, 0.4) is 0 Å². The van der Waals surface area contributed by atoms with Crippen molar-refractivity contribution in [2.24, 2.45) is 5.92 Å². The molecule has 0 saturated carbocycles. The summed E-state index contributed by atoms with van der Waals surface area (Å²) >= 11 is 2.00. The highest BCUT2D eigenvalue weighted by Gasteiger charge is 2.26. The number of rotatable bonds is 4. The van der Waals surface area contributed by atoms with Gasteiger partial charge < -0.3 is 15.0 Å². The first kappa shape index (κ1) is 15.0. The van der Waals surface area contributed by atoms with E-state index in [1.807, 2.05) is 16.7 Å². The summed E-state index contributed by atoms with van der Waals surface area (Å²) in [5.41, 5.74) is 0. The van der Waals surface area contributed by atoms with Crippen LogP contribution < -0.4 is 5.32 Å². The van der Waals surface area contributed by atoms with E-state index < -0.39 is 0 Å². The topological polar surface area (TPSA) is 41.6 Å². The molecular formula is C14H26N2O2S. The first-order chi connectivity index (χ1) is 9.16. The molecule has 19 heavy (non-hydrogen) atoms. The first-order valence-electron chi connectivity index (χ1n) is 7.43. The highest BCUT2D eigenvalue weighted by atomic mass is 32.2. The van der Waals surface area contributed by atoms with Gasteiger partial charge in [0.15, 0.2) is 0 Å². The summed E-state index contributed by atoms with van der Waals surface area (Å²) in [5, 5.41) is 3.62. The third-order valence-corrected chi connectivity index (χ3v) is 5.43. The molecule has 1 N–H and O–H groups in total. The molecule has 5 heteroatoms. The molecular weight excluding hydrogens is 260 g/mol. The van der Waals surface area contributed by atoms with E-state index in [-0.39, 0.29) is 6.03 Å². The Morgan fingerprint density at radius 3 is 3.05 bits per heavy atom. The fourth-order valence-corrected chi connectivity index (χ4v) is 3.89. The minimum Gasteiger partial charge on any atom is -0.378 e. The van der Waals surface area contributed by atoms with Crippen LogP contribution in [0.2, 0.25) is 0 Å². The average Bonchev–Trinajstić information content (AvgIpc) is 2.92. The number of amides is 2. The largest absolute Gasteiger partial charge is 0.378 e. The van der Waals surface area contributed by atoms with Crippen molar-refractivity contribution in [3.05, 3.63) is 0 Å². The van der Waals surface area contributed by atoms with E-state index in [1.165, 1.54) is 0 Å². The Balaban J connectivity index is 1.67. The Morgan fingerprint density at radius 2 is 2.37 bits per heavy atom. The van der Waals surface area contributed by atoms with E-state index >= 15 is 0 Å². The minimum absolute atomic E-state index is 0.101. The lowest BCUT2D eigenvalue weighted by molar-refractivity contribution is 0.104. The lowest BCUT2D eigenvalue weighted by Gasteiger charge is -2.34. The molecule has 0 bridgehead atoms. The maximum absolute atomic E-state index is 12.1. The van der Waals surface area contributed by atoms with E-state index in [1.54, 1.807) is 0 Å². The summed E-state index contributed by atoms with van der Waals surface area (Å²) in [6.07, 6.45) is 3.62. The highest BCUT2D eigenvalue weighted by molar-refractivity contribution is 8.00. The van der Waals surface area contributed by atoms with Crippen LogP contribution in [0.1, 0.15) is 33.1 Å². The molecule has 110 valence electrons. The Bertz CT molecular complexity index is 293. The van der Waals surface area contributed by atoms with Crippen LogP contribution in [0.5, 0.6) is 0 Å². The molecule has 2 amide bonds. The smallest absolute Gasteiger partial charge is 0.317 e. The van der Waals surface area contributed by atoms with Gasteiger partial charge in [0.1, 0.15) is 0 Å². The summed E-state index contributed by atoms with van der Waals surface area (Å²) in [7, 11) is 0. The second-order valence-corrected chi connectivity index (χ2v) is 7.10. The zero-order valence-corrected chi connectivity index (χ0v) is 12.9. The molecule has 0 aromatic heterocycles. The Kier molecular flexibility index (Phi) is 5.82. The predicted octanol–water partition coefficient (Wildman–Crippen LogP) is 2.34. The Labute approximate surface area is 120 Å². The van der Waals surface area contributed by atoms with Crippen LogP contribution in [-0.2, 0) is 4.74 Å². The van der Waals surface area contributed by atoms with Crippen molar-refractivity contribution in [2.45, 2.75) is 44.5 Å². The molecule has 2 fully saturated rings. The van der Waals surface area contributed by atoms with Gasteiger partial charge in [-0.15, -0.1) is 0 Å². The summed E-state index contributed by atoms with van der Waals surface area (Å²) in [5.74, 6) is 1.69. The van der Waals surface area contributed by atoms with Gasteiger partial charge >= 0.3 is 6.03 Å². The SMILES string of the molecule is CC(C)[C@H]1CN(C(=O)NCC[C@@H]2CCCO2)CCS1. The number of carbonyl (C=O) groups is 1. The zero-order chi connectivity index (χ0) is 13.7. The van der Waals surface area contributed by atoms with Crippen LogP contribution in [0, 0.1) is 5.92 Å². The van der Waals surface area contributed by atoms with E-state index in [2.05, 4.69) is 19.2 Å². The van der Waals surface area contributed by atoms with Crippen molar-refractivity contribution >= 4 is 17.8 Å². The van der Waals surface area contributed by atoms with Crippen LogP contribution >= 0.6 is 11.8 Å². The maximum atomic E-state index is 12.1. The molecule has 2 atom stereocenters. The van der Waals surface area contributed by atoms with Crippen LogP contribution in [0.25, 0.3) is 0 Å². The second-order valence-electron chi connectivity index (χ2n) is 5.75. The molecule has 0 aromatic carbocycles. The highest BCUT2D eigenvalue weighted by Crippen LogP contribution is 2.24. The quantitative estimate of drug-likeness (QED) is 0.862. The van der Waals surface area contributed by atoms with Crippen molar-refractivity contribution in [1.82, 2.24) is 10.2 Å². The average molecular weight is 286 g/mol. The normalized spacial score (nSPS) is 27.8. The lowest BCUT2D eigenvalue weighted by atomic mass is 10.1. The van der Waals surface area contributed by atoms with Crippen molar-refractivity contribution in [1.29, 1.82) is 0 Å². The summed E-state index contributed by atoms with van der Waals surface area (Å²) in [6, 6.07) is 0.101. The van der Waals surface area contributed by atoms with Gasteiger partial charge in [-0.2, -0.15) is 11.8 Å². The minimum atomic E-state index is 0.101. The van der Waals surface area contributed by atoms with Crippen molar-refractivity contribution in [3.63, 3.8) is 0 Å². The maximum Gasteiger partial charge on any atom is 0.317 e. The number of nitrogens with one attached hydrogen (secondary N) is 1. The van der Waals surface area contributed by atoms with Gasteiger partial charge in [-0.3, -0.25) is 0 Å². The zero-order valence-electron chi connectivity index (χ0n) is 12.1. The Hall–Kier alpha value is -0.420. The second kappa shape index (κ2) is 7.39. The third kappa shape index (κ3) is 4.56. The molecule has 0 spiro atoms. The summed E-state index contributed by atoms with van der Waals surface area (Å²) in [6.45, 7) is 7.85. The van der Waals surface area contributed by atoms with Crippen molar-refractivity contribution in [2.75, 3.05) is 32.0 Å². The van der Waals surface area contributed by atoms with Gasteiger partial charge in [-0.1, -0.05) is 13.8 Å². The van der Waals surface area contributed by atoms with Gasteiger partial charge in [0, 0.05) is 37.2 Å². The molecule has 2 aliphatic rings. The first-order valence-corrected chi connectivity index (χ1v) is 8.47. The van der Waals surface area contributed by atoms with E-state index in [0.29, 0.717) is 17.3 Å². The van der Waals surface area contributed by atoms with Gasteiger partial charge in [0.25, 0.3) is 0 Å². The molecule has 2 aliphatic heterocycles. The third-order valence-electron chi connectivity index (χ3n) is 3.89. The summed E-state index contributed by atoms with van der Waals surface area (Å²) < 4.78 is 5.56. The van der Waals surface area contributed by atoms with Gasteiger partial charge in [0.05, 0.1) is 6.10 Å². The van der Waals surface area contributed by atoms with Gasteiger partial charge in [-0.05, 0) is 25.2 Å². The molecule has 2 saturated heterocycles. The Morgan fingerprint density at radius 1 is 1.53 bits per heavy atom. The standard InChI is InChI=1S/C14H26N2O2S/c1-11(2)13-10-16(7-9-19-13)14(17)15-6-5-12-4-3-8-18-12/h11-13H,3-10H2,1-2H3,(H,15,17)/t12-,13+/m0/s1.